The predicted molar refractivity (Wildman–Crippen MR) is 208 cm³/mol. The Balaban J connectivity index is 1.26. The second-order valence-electron chi connectivity index (χ2n) is 16.0. The number of methoxy groups -OCH3 is 1. The van der Waals surface area contributed by atoms with Gasteiger partial charge in [-0.1, -0.05) is 24.3 Å². The number of phenolic OH excluding ortho intramolecular Hbond substituents is 1. The Kier molecular flexibility index (Phi) is 8.31. The number of piperazine rings is 1. The number of hydrogen-bond donors (Lipinski definition) is 4. The van der Waals surface area contributed by atoms with Gasteiger partial charge in [0.1, 0.15) is 18.4 Å². The van der Waals surface area contributed by atoms with Gasteiger partial charge in [-0.3, -0.25) is 19.9 Å². The van der Waals surface area contributed by atoms with E-state index < -0.39 is 52.9 Å². The highest BCUT2D eigenvalue weighted by molar-refractivity contribution is 7.99. The van der Waals surface area contributed by atoms with Crippen LogP contribution in [0.3, 0.4) is 0 Å². The number of nitriles is 1. The van der Waals surface area contributed by atoms with E-state index in [1.165, 1.54) is 18.7 Å². The molecule has 4 bridgehead atoms. The summed E-state index contributed by atoms with van der Waals surface area (Å²) in [4.78, 5) is 35.9. The van der Waals surface area contributed by atoms with Crippen molar-refractivity contribution in [3.8, 4) is 34.8 Å². The van der Waals surface area contributed by atoms with Crippen molar-refractivity contribution < 1.29 is 43.5 Å². The van der Waals surface area contributed by atoms with Gasteiger partial charge in [0.15, 0.2) is 28.5 Å². The van der Waals surface area contributed by atoms with Crippen LogP contribution in [0.4, 0.5) is 0 Å². The fourth-order valence-electron chi connectivity index (χ4n) is 10.9. The fraction of sp³-hybridized carbons (Fsp3) is 0.452. The number of thioether (sulfide) groups is 1. The van der Waals surface area contributed by atoms with E-state index in [0.29, 0.717) is 63.8 Å². The van der Waals surface area contributed by atoms with Crippen LogP contribution in [0.5, 0.6) is 28.7 Å². The number of ether oxygens (including phenoxy) is 5. The summed E-state index contributed by atoms with van der Waals surface area (Å²) in [6, 6.07) is 9.36. The number of rotatable bonds is 3. The number of H-pyrrole nitrogens is 1. The minimum absolute atomic E-state index is 0.0452. The zero-order valence-electron chi connectivity index (χ0n) is 32.2. The number of carbonyl (C=O) groups excluding carboxylic acids is 2. The molecule has 2 saturated heterocycles. The van der Waals surface area contributed by atoms with Crippen LogP contribution in [0.25, 0.3) is 10.9 Å². The lowest BCUT2D eigenvalue weighted by Gasteiger charge is -2.62. The maximum absolute atomic E-state index is 15.0. The van der Waals surface area contributed by atoms with E-state index >= 15 is 4.79 Å². The van der Waals surface area contributed by atoms with E-state index in [2.05, 4.69) is 26.2 Å². The number of hydrogen-bond acceptors (Lipinski definition) is 14. The zero-order chi connectivity index (χ0) is 39.7. The summed E-state index contributed by atoms with van der Waals surface area (Å²) in [5.41, 5.74) is 5.42. The summed E-state index contributed by atoms with van der Waals surface area (Å²) in [5.74, 6) is 0.758. The first kappa shape index (κ1) is 36.4. The number of fused-ring (bicyclic) bond motifs is 11. The van der Waals surface area contributed by atoms with Crippen molar-refractivity contribution in [3.63, 3.8) is 0 Å². The molecule has 8 heterocycles. The van der Waals surface area contributed by atoms with E-state index in [1.807, 2.05) is 51.2 Å². The molecule has 1 unspecified atom stereocenters. The standard InChI is InChI=1S/C42H43N5O9S/c1-18-10-21-11-26-27(13-43)47-28-15-53-41(51)42(40-24(12-22(14-48)45-42)23-8-6-7-9-25(23)44-40)16-57-39(33(47)32(46(26)4)29(21)34(50)35(18)52-5)31-30(28)38-37(54-17-55-38)19(2)36(31)56-20(3)49/h6-10,22,26-28,32-33,39,44-45,48,50H,11-12,14-17H2,1-5H3/t22-,26-,27?,28+,32+,33-,39-,42-/m1/s1. The smallest absolute Gasteiger partial charge is 0.333 e. The largest absolute Gasteiger partial charge is 0.504 e. The molecule has 15 heteroatoms. The van der Waals surface area contributed by atoms with Crippen molar-refractivity contribution in [3.05, 3.63) is 75.0 Å². The number of benzene rings is 3. The molecule has 4 N–H and O–H groups in total. The number of aromatic hydroxyl groups is 1. The number of carbonyl (C=O) groups is 2. The van der Waals surface area contributed by atoms with Crippen LogP contribution in [0.2, 0.25) is 0 Å². The van der Waals surface area contributed by atoms with Gasteiger partial charge in [0.2, 0.25) is 6.79 Å². The molecule has 296 valence electrons. The number of aliphatic hydroxyl groups excluding tert-OH is 1. The maximum Gasteiger partial charge on any atom is 0.333 e. The zero-order valence-corrected chi connectivity index (χ0v) is 33.0. The molecule has 0 saturated carbocycles. The Labute approximate surface area is 332 Å². The molecule has 7 aliphatic heterocycles. The van der Waals surface area contributed by atoms with Gasteiger partial charge in [0, 0.05) is 64.0 Å². The number of likely N-dealkylation sites (N-methyl/N-ethyl adjacent to an activating group) is 1. The molecule has 7 aliphatic rings. The lowest BCUT2D eigenvalue weighted by atomic mass is 9.71. The van der Waals surface area contributed by atoms with Gasteiger partial charge in [-0.05, 0) is 56.5 Å². The third kappa shape index (κ3) is 4.91. The second kappa shape index (κ2) is 13.0. The van der Waals surface area contributed by atoms with Gasteiger partial charge >= 0.3 is 11.9 Å². The molecule has 4 aromatic rings. The summed E-state index contributed by atoms with van der Waals surface area (Å²) < 4.78 is 30.8. The van der Waals surface area contributed by atoms with Gasteiger partial charge in [0.25, 0.3) is 0 Å². The van der Waals surface area contributed by atoms with Gasteiger partial charge in [-0.2, -0.15) is 5.26 Å². The van der Waals surface area contributed by atoms with Gasteiger partial charge in [-0.25, -0.2) is 4.79 Å². The quantitative estimate of drug-likeness (QED) is 0.172. The number of esters is 2. The van der Waals surface area contributed by atoms with E-state index in [-0.39, 0.29) is 37.6 Å². The Bertz CT molecular complexity index is 2450. The number of aliphatic hydroxyl groups is 1. The van der Waals surface area contributed by atoms with Gasteiger partial charge in [0.05, 0.1) is 42.8 Å². The SMILES string of the molecule is COc1c(C)cc2c(c1O)[C@H]1[C@@H]3[C@@H]4SC[C@]5(N[C@@H](CO)Cc6c5[nH]c5ccccc65)C(=O)OC[C@@H](c5c6c(c(C)c(OC(C)=O)c54)OCO6)N3C(C#N)[C@@H](C2)N1C. The first-order chi connectivity index (χ1) is 27.5. The van der Waals surface area contributed by atoms with Crippen molar-refractivity contribution >= 4 is 34.6 Å². The number of nitrogens with one attached hydrogen (secondary N) is 2. The third-order valence-electron chi connectivity index (χ3n) is 13.1. The maximum atomic E-state index is 15.0. The molecule has 1 aromatic heterocycles. The number of para-hydroxylation sites is 1. The summed E-state index contributed by atoms with van der Waals surface area (Å²) in [5, 5.41) is 37.9. The van der Waals surface area contributed by atoms with Crippen LogP contribution in [0.15, 0.2) is 30.3 Å². The summed E-state index contributed by atoms with van der Waals surface area (Å²) in [6.45, 7) is 4.65. The molecule has 3 aromatic carbocycles. The highest BCUT2D eigenvalue weighted by Crippen LogP contribution is 2.64. The first-order valence-electron chi connectivity index (χ1n) is 19.2. The highest BCUT2D eigenvalue weighted by atomic mass is 32.2. The molecule has 8 atom stereocenters. The topological polar surface area (TPSA) is 179 Å². The van der Waals surface area contributed by atoms with Gasteiger partial charge < -0.3 is 38.9 Å². The number of aryl methyl sites for hydroxylation is 1. The van der Waals surface area contributed by atoms with E-state index in [4.69, 9.17) is 23.7 Å². The highest BCUT2D eigenvalue weighted by Gasteiger charge is 2.62. The van der Waals surface area contributed by atoms with Crippen LogP contribution in [-0.4, -0.2) is 101 Å². The number of nitrogens with zero attached hydrogens (tertiary/aromatic N) is 3. The molecule has 57 heavy (non-hydrogen) atoms. The molecule has 11 rings (SSSR count). The van der Waals surface area contributed by atoms with Crippen LogP contribution in [0.1, 0.15) is 68.9 Å². The average Bonchev–Trinajstić information content (AvgIpc) is 3.84. The van der Waals surface area contributed by atoms with E-state index in [1.54, 1.807) is 7.11 Å². The average molecular weight is 794 g/mol. The minimum atomic E-state index is -1.43. The fourth-order valence-corrected chi connectivity index (χ4v) is 12.5. The van der Waals surface area contributed by atoms with E-state index in [0.717, 1.165) is 27.6 Å². The van der Waals surface area contributed by atoms with Crippen LogP contribution in [-0.2, 0) is 32.7 Å². The normalized spacial score (nSPS) is 29.8. The van der Waals surface area contributed by atoms with Crippen molar-refractivity contribution in [1.82, 2.24) is 20.1 Å². The van der Waals surface area contributed by atoms with Gasteiger partial charge in [-0.15, -0.1) is 11.8 Å². The Morgan fingerprint density at radius 2 is 1.91 bits per heavy atom. The molecular weight excluding hydrogens is 751 g/mol. The molecule has 14 nitrogen and oxygen atoms in total. The molecule has 2 fully saturated rings. The molecular formula is C42H43N5O9S. The van der Waals surface area contributed by atoms with Crippen molar-refractivity contribution in [2.45, 2.75) is 80.7 Å². The summed E-state index contributed by atoms with van der Waals surface area (Å²) >= 11 is 1.49. The minimum Gasteiger partial charge on any atom is -0.504 e. The molecule has 0 aliphatic carbocycles. The summed E-state index contributed by atoms with van der Waals surface area (Å²) in [7, 11) is 3.54. The third-order valence-corrected chi connectivity index (χ3v) is 14.6. The molecule has 0 radical (unpaired) electrons. The lowest BCUT2D eigenvalue weighted by molar-refractivity contribution is -0.158. The van der Waals surface area contributed by atoms with Crippen LogP contribution >= 0.6 is 11.8 Å². The molecule has 0 amide bonds. The van der Waals surface area contributed by atoms with Crippen LogP contribution < -0.4 is 24.3 Å². The number of aromatic amines is 1. The Hall–Kier alpha value is -4.98. The second-order valence-corrected chi connectivity index (χ2v) is 17.1. The predicted octanol–water partition coefficient (Wildman–Crippen LogP) is 4.12. The Morgan fingerprint density at radius 1 is 1.12 bits per heavy atom. The summed E-state index contributed by atoms with van der Waals surface area (Å²) in [6.07, 6.45) is 0.984. The first-order valence-corrected chi connectivity index (χ1v) is 20.3. The van der Waals surface area contributed by atoms with Crippen molar-refractivity contribution in [2.24, 2.45) is 0 Å². The monoisotopic (exact) mass is 793 g/mol. The van der Waals surface area contributed by atoms with Crippen molar-refractivity contribution in [2.75, 3.05) is 39.9 Å². The van der Waals surface area contributed by atoms with Crippen LogP contribution in [0, 0.1) is 25.2 Å². The Morgan fingerprint density at radius 3 is 2.67 bits per heavy atom. The number of aromatic nitrogens is 1. The number of phenols is 1. The van der Waals surface area contributed by atoms with E-state index in [9.17, 15) is 20.3 Å². The van der Waals surface area contributed by atoms with Crippen molar-refractivity contribution in [1.29, 1.82) is 5.26 Å². The lowest BCUT2D eigenvalue weighted by Crippen LogP contribution is -2.69. The molecule has 1 spiro atoms.